The molecule has 2 aliphatic heterocycles. The third kappa shape index (κ3) is 3.35. The van der Waals surface area contributed by atoms with Crippen molar-refractivity contribution in [3.05, 3.63) is 23.2 Å². The molecule has 2 amide bonds. The fourth-order valence-electron chi connectivity index (χ4n) is 3.44. The number of nitrogens with zero attached hydrogens (tertiary/aromatic N) is 2. The van der Waals surface area contributed by atoms with Gasteiger partial charge in [-0.1, -0.05) is 11.6 Å². The fraction of sp³-hybridized carbons (Fsp3) is 0.500. The molecule has 0 bridgehead atoms. The Morgan fingerprint density at radius 1 is 1.38 bits per heavy atom. The minimum absolute atomic E-state index is 0.0392. The summed E-state index contributed by atoms with van der Waals surface area (Å²) in [5, 5.41) is 9.69. The van der Waals surface area contributed by atoms with E-state index in [1.807, 2.05) is 0 Å². The lowest BCUT2D eigenvalue weighted by atomic mass is 10.0. The SMILES string of the molecule is CC1(C)Oc2ccc(Cl)cc2N(CCC(=O)N2CCCC2C(=O)O)C1=O. The van der Waals surface area contributed by atoms with Crippen molar-refractivity contribution in [1.82, 2.24) is 4.90 Å². The number of carboxylic acid groups (broad SMARTS) is 1. The summed E-state index contributed by atoms with van der Waals surface area (Å²) in [6.45, 7) is 3.91. The Bertz CT molecular complexity index is 764. The molecule has 1 fully saturated rings. The van der Waals surface area contributed by atoms with E-state index in [0.717, 1.165) is 0 Å². The number of carbonyl (C=O) groups is 3. The number of aliphatic carboxylic acids is 1. The normalized spacial score (nSPS) is 21.3. The van der Waals surface area contributed by atoms with Gasteiger partial charge in [-0.25, -0.2) is 4.79 Å². The Kier molecular flexibility index (Phi) is 4.84. The summed E-state index contributed by atoms with van der Waals surface area (Å²) >= 11 is 6.05. The van der Waals surface area contributed by atoms with Gasteiger partial charge in [0.2, 0.25) is 5.91 Å². The Morgan fingerprint density at radius 3 is 2.81 bits per heavy atom. The molecule has 2 heterocycles. The Labute approximate surface area is 156 Å². The van der Waals surface area contributed by atoms with E-state index in [2.05, 4.69) is 0 Å². The molecule has 1 N–H and O–H groups in total. The average Bonchev–Trinajstić information content (AvgIpc) is 3.06. The van der Waals surface area contributed by atoms with Gasteiger partial charge in [-0.3, -0.25) is 9.59 Å². The van der Waals surface area contributed by atoms with Crippen molar-refractivity contribution >= 4 is 35.1 Å². The quantitative estimate of drug-likeness (QED) is 0.866. The maximum atomic E-state index is 12.8. The molecule has 0 radical (unpaired) electrons. The number of fused-ring (bicyclic) bond motifs is 1. The molecular formula is C18H21ClN2O5. The number of likely N-dealkylation sites (tertiary alicyclic amines) is 1. The van der Waals surface area contributed by atoms with Gasteiger partial charge >= 0.3 is 5.97 Å². The first kappa shape index (κ1) is 18.5. The second kappa shape index (κ2) is 6.79. The summed E-state index contributed by atoms with van der Waals surface area (Å²) in [4.78, 5) is 39.4. The van der Waals surface area contributed by atoms with E-state index in [0.29, 0.717) is 35.8 Å². The molecule has 0 spiro atoms. The van der Waals surface area contributed by atoms with Crippen LogP contribution in [0.3, 0.4) is 0 Å². The molecule has 8 heteroatoms. The zero-order valence-electron chi connectivity index (χ0n) is 14.7. The van der Waals surface area contributed by atoms with Gasteiger partial charge in [0, 0.05) is 24.5 Å². The van der Waals surface area contributed by atoms with Gasteiger partial charge in [0.15, 0.2) is 5.60 Å². The number of hydrogen-bond acceptors (Lipinski definition) is 4. The number of carboxylic acids is 1. The molecule has 0 aliphatic carbocycles. The number of benzene rings is 1. The smallest absolute Gasteiger partial charge is 0.326 e. The summed E-state index contributed by atoms with van der Waals surface area (Å²) in [5.41, 5.74) is -0.535. The van der Waals surface area contributed by atoms with Gasteiger partial charge in [0.05, 0.1) is 5.69 Å². The number of amides is 2. The van der Waals surface area contributed by atoms with Crippen molar-refractivity contribution in [3.8, 4) is 5.75 Å². The van der Waals surface area contributed by atoms with Crippen molar-refractivity contribution in [1.29, 1.82) is 0 Å². The minimum atomic E-state index is -1.05. The van der Waals surface area contributed by atoms with Crippen molar-refractivity contribution in [2.75, 3.05) is 18.0 Å². The van der Waals surface area contributed by atoms with Crippen molar-refractivity contribution in [2.24, 2.45) is 0 Å². The van der Waals surface area contributed by atoms with Gasteiger partial charge in [0.25, 0.3) is 5.91 Å². The molecule has 1 atom stereocenters. The van der Waals surface area contributed by atoms with Crippen LogP contribution in [0, 0.1) is 0 Å². The van der Waals surface area contributed by atoms with Crippen LogP contribution in [-0.4, -0.2) is 52.5 Å². The minimum Gasteiger partial charge on any atom is -0.480 e. The molecule has 0 saturated carbocycles. The van der Waals surface area contributed by atoms with E-state index in [9.17, 15) is 19.5 Å². The van der Waals surface area contributed by atoms with Gasteiger partial charge in [-0.2, -0.15) is 0 Å². The Morgan fingerprint density at radius 2 is 2.12 bits per heavy atom. The monoisotopic (exact) mass is 380 g/mol. The van der Waals surface area contributed by atoms with Crippen LogP contribution >= 0.6 is 11.6 Å². The zero-order valence-corrected chi connectivity index (χ0v) is 15.5. The Hall–Kier alpha value is -2.28. The largest absolute Gasteiger partial charge is 0.480 e. The fourth-order valence-corrected chi connectivity index (χ4v) is 3.60. The van der Waals surface area contributed by atoms with E-state index in [1.54, 1.807) is 32.0 Å². The lowest BCUT2D eigenvalue weighted by Crippen LogP contribution is -2.53. The molecule has 1 aromatic rings. The van der Waals surface area contributed by atoms with Crippen LogP contribution in [0.5, 0.6) is 5.75 Å². The first-order valence-electron chi connectivity index (χ1n) is 8.53. The number of anilines is 1. The average molecular weight is 381 g/mol. The maximum absolute atomic E-state index is 12.8. The molecule has 7 nitrogen and oxygen atoms in total. The highest BCUT2D eigenvalue weighted by Crippen LogP contribution is 2.39. The van der Waals surface area contributed by atoms with Gasteiger partial charge in [-0.15, -0.1) is 0 Å². The summed E-state index contributed by atoms with van der Waals surface area (Å²) in [5.74, 6) is -1.00. The predicted octanol–water partition coefficient (Wildman–Crippen LogP) is 2.31. The van der Waals surface area contributed by atoms with Crippen LogP contribution in [0.1, 0.15) is 33.1 Å². The maximum Gasteiger partial charge on any atom is 0.326 e. The molecule has 1 aromatic carbocycles. The standard InChI is InChI=1S/C18H21ClN2O5/c1-18(2)17(25)21(13-10-11(19)5-6-14(13)26-18)9-7-15(22)20-8-3-4-12(20)16(23)24/h5-6,10,12H,3-4,7-9H2,1-2H3,(H,23,24). The van der Waals surface area contributed by atoms with Crippen molar-refractivity contribution < 1.29 is 24.2 Å². The molecule has 0 aromatic heterocycles. The van der Waals surface area contributed by atoms with Gasteiger partial charge in [0.1, 0.15) is 11.8 Å². The molecule has 26 heavy (non-hydrogen) atoms. The van der Waals surface area contributed by atoms with Crippen LogP contribution < -0.4 is 9.64 Å². The van der Waals surface area contributed by atoms with Crippen LogP contribution in [0.25, 0.3) is 0 Å². The van der Waals surface area contributed by atoms with Gasteiger partial charge < -0.3 is 19.6 Å². The van der Waals surface area contributed by atoms with Crippen LogP contribution in [-0.2, 0) is 14.4 Å². The van der Waals surface area contributed by atoms with Crippen LogP contribution in [0.2, 0.25) is 5.02 Å². The summed E-state index contributed by atoms with van der Waals surface area (Å²) in [7, 11) is 0. The van der Waals surface area contributed by atoms with Crippen LogP contribution in [0.15, 0.2) is 18.2 Å². The highest BCUT2D eigenvalue weighted by molar-refractivity contribution is 6.31. The van der Waals surface area contributed by atoms with E-state index in [-0.39, 0.29) is 24.8 Å². The molecular weight excluding hydrogens is 360 g/mol. The molecule has 1 unspecified atom stereocenters. The molecule has 2 aliphatic rings. The topological polar surface area (TPSA) is 87.2 Å². The number of halogens is 1. The third-order valence-electron chi connectivity index (χ3n) is 4.74. The second-order valence-corrected chi connectivity index (χ2v) is 7.45. The van der Waals surface area contributed by atoms with Crippen molar-refractivity contribution in [3.63, 3.8) is 0 Å². The first-order valence-corrected chi connectivity index (χ1v) is 8.91. The summed E-state index contributed by atoms with van der Waals surface area (Å²) < 4.78 is 5.75. The predicted molar refractivity (Wildman–Crippen MR) is 95.5 cm³/mol. The first-order chi connectivity index (χ1) is 12.2. The second-order valence-electron chi connectivity index (χ2n) is 7.01. The highest BCUT2D eigenvalue weighted by atomic mass is 35.5. The lowest BCUT2D eigenvalue weighted by molar-refractivity contribution is -0.148. The number of ether oxygens (including phenoxy) is 1. The Balaban J connectivity index is 1.78. The third-order valence-corrected chi connectivity index (χ3v) is 4.98. The van der Waals surface area contributed by atoms with Gasteiger partial charge in [-0.05, 0) is 44.9 Å². The van der Waals surface area contributed by atoms with E-state index in [4.69, 9.17) is 16.3 Å². The summed E-state index contributed by atoms with van der Waals surface area (Å²) in [6.07, 6.45) is 1.17. The number of hydrogen-bond donors (Lipinski definition) is 1. The lowest BCUT2D eigenvalue weighted by Gasteiger charge is -2.39. The molecule has 1 saturated heterocycles. The van der Waals surface area contributed by atoms with E-state index < -0.39 is 17.6 Å². The highest BCUT2D eigenvalue weighted by Gasteiger charge is 2.41. The number of carbonyl (C=O) groups excluding carboxylic acids is 2. The van der Waals surface area contributed by atoms with Crippen molar-refractivity contribution in [2.45, 2.75) is 44.8 Å². The summed E-state index contributed by atoms with van der Waals surface area (Å²) in [6, 6.07) is 4.23. The van der Waals surface area contributed by atoms with Crippen LogP contribution in [0.4, 0.5) is 5.69 Å². The number of rotatable bonds is 4. The molecule has 3 rings (SSSR count). The zero-order chi connectivity index (χ0) is 19.1. The van der Waals surface area contributed by atoms with E-state index >= 15 is 0 Å². The van der Waals surface area contributed by atoms with E-state index in [1.165, 1.54) is 9.80 Å². The molecule has 140 valence electrons.